The van der Waals surface area contributed by atoms with E-state index in [0.717, 1.165) is 22.3 Å². The van der Waals surface area contributed by atoms with Crippen LogP contribution in [-0.4, -0.2) is 58.8 Å². The number of nitrogens with one attached hydrogen (secondary N) is 1. The first-order chi connectivity index (χ1) is 14.1. The Bertz CT molecular complexity index is 918. The standard InChI is InChI=1S/C21H20N2O5S/c24-19(23-12-29-11-18(23)20(25)26)9-22-21(27)28-10-17-15-7-3-1-5-13(15)14-6-2-4-8-16(14)17/h1-8,17-18H,9-12H2,(H,22,27)(H,25,26)/t18-/m0/s1. The van der Waals surface area contributed by atoms with E-state index in [9.17, 15) is 14.4 Å². The first kappa shape index (κ1) is 19.3. The SMILES string of the molecule is O=C(NCC(=O)N1CSC[C@H]1C(=O)O)OCC1c2ccccc2-c2ccccc21. The molecule has 7 nitrogen and oxygen atoms in total. The van der Waals surface area contributed by atoms with Gasteiger partial charge in [0, 0.05) is 11.7 Å². The molecule has 0 bridgehead atoms. The van der Waals surface area contributed by atoms with Gasteiger partial charge in [-0.3, -0.25) is 4.79 Å². The molecule has 0 radical (unpaired) electrons. The van der Waals surface area contributed by atoms with Gasteiger partial charge in [0.2, 0.25) is 5.91 Å². The van der Waals surface area contributed by atoms with Gasteiger partial charge in [-0.25, -0.2) is 9.59 Å². The predicted molar refractivity (Wildman–Crippen MR) is 109 cm³/mol. The second-order valence-corrected chi connectivity index (χ2v) is 7.90. The number of benzene rings is 2. The van der Waals surface area contributed by atoms with Crippen LogP contribution in [0.15, 0.2) is 48.5 Å². The van der Waals surface area contributed by atoms with E-state index in [2.05, 4.69) is 17.4 Å². The molecule has 1 aliphatic carbocycles. The normalized spacial score (nSPS) is 17.5. The number of fused-ring (bicyclic) bond motifs is 3. The smallest absolute Gasteiger partial charge is 0.407 e. The molecule has 0 aromatic heterocycles. The second kappa shape index (κ2) is 8.16. The number of carbonyl (C=O) groups excluding carboxylic acids is 2. The number of thioether (sulfide) groups is 1. The van der Waals surface area contributed by atoms with Crippen LogP contribution in [0.5, 0.6) is 0 Å². The highest BCUT2D eigenvalue weighted by Gasteiger charge is 2.34. The van der Waals surface area contributed by atoms with Crippen LogP contribution in [0.3, 0.4) is 0 Å². The number of alkyl carbamates (subject to hydrolysis) is 1. The average Bonchev–Trinajstić information content (AvgIpc) is 3.34. The predicted octanol–water partition coefficient (Wildman–Crippen LogP) is 2.51. The lowest BCUT2D eigenvalue weighted by Crippen LogP contribution is -2.46. The van der Waals surface area contributed by atoms with Crippen molar-refractivity contribution >= 4 is 29.7 Å². The van der Waals surface area contributed by atoms with Crippen molar-refractivity contribution in [1.29, 1.82) is 0 Å². The number of rotatable bonds is 5. The third-order valence-electron chi connectivity index (χ3n) is 5.22. The molecule has 0 saturated carbocycles. The van der Waals surface area contributed by atoms with Gasteiger partial charge < -0.3 is 20.1 Å². The van der Waals surface area contributed by atoms with Gasteiger partial charge in [0.25, 0.3) is 0 Å². The number of hydrogen-bond acceptors (Lipinski definition) is 5. The Morgan fingerprint density at radius 3 is 2.31 bits per heavy atom. The maximum Gasteiger partial charge on any atom is 0.407 e. The number of hydrogen-bond donors (Lipinski definition) is 2. The monoisotopic (exact) mass is 412 g/mol. The van der Waals surface area contributed by atoms with E-state index < -0.39 is 24.0 Å². The van der Waals surface area contributed by atoms with Crippen molar-refractivity contribution in [2.24, 2.45) is 0 Å². The van der Waals surface area contributed by atoms with Crippen molar-refractivity contribution in [1.82, 2.24) is 10.2 Å². The molecule has 29 heavy (non-hydrogen) atoms. The summed E-state index contributed by atoms with van der Waals surface area (Å²) in [5.41, 5.74) is 4.49. The van der Waals surface area contributed by atoms with Crippen LogP contribution in [0.1, 0.15) is 17.0 Å². The molecule has 2 N–H and O–H groups in total. The van der Waals surface area contributed by atoms with Gasteiger partial charge in [0.15, 0.2) is 0 Å². The number of carboxylic acids is 1. The van der Waals surface area contributed by atoms with E-state index in [-0.39, 0.29) is 19.1 Å². The average molecular weight is 412 g/mol. The molecule has 1 heterocycles. The van der Waals surface area contributed by atoms with E-state index in [1.54, 1.807) is 0 Å². The van der Waals surface area contributed by atoms with Gasteiger partial charge >= 0.3 is 12.1 Å². The lowest BCUT2D eigenvalue weighted by Gasteiger charge is -2.20. The summed E-state index contributed by atoms with van der Waals surface area (Å²) in [7, 11) is 0. The maximum absolute atomic E-state index is 12.2. The van der Waals surface area contributed by atoms with E-state index in [4.69, 9.17) is 9.84 Å². The highest BCUT2D eigenvalue weighted by molar-refractivity contribution is 7.99. The first-order valence-electron chi connectivity index (χ1n) is 9.25. The number of carboxylic acid groups (broad SMARTS) is 1. The molecule has 4 rings (SSSR count). The highest BCUT2D eigenvalue weighted by Crippen LogP contribution is 2.44. The summed E-state index contributed by atoms with van der Waals surface area (Å²) in [6.45, 7) is -0.133. The molecule has 2 aliphatic rings. The van der Waals surface area contributed by atoms with Gasteiger partial charge in [-0.1, -0.05) is 48.5 Å². The van der Waals surface area contributed by atoms with E-state index in [1.807, 2.05) is 36.4 Å². The lowest BCUT2D eigenvalue weighted by atomic mass is 9.98. The Kier molecular flexibility index (Phi) is 5.44. The van der Waals surface area contributed by atoms with Crippen LogP contribution in [-0.2, 0) is 14.3 Å². The fourth-order valence-corrected chi connectivity index (χ4v) is 4.96. The van der Waals surface area contributed by atoms with Crippen LogP contribution in [0.4, 0.5) is 4.79 Å². The molecule has 1 fully saturated rings. The minimum Gasteiger partial charge on any atom is -0.480 e. The Hall–Kier alpha value is -3.00. The zero-order chi connectivity index (χ0) is 20.4. The number of carbonyl (C=O) groups is 3. The van der Waals surface area contributed by atoms with Crippen molar-refractivity contribution in [2.45, 2.75) is 12.0 Å². The largest absolute Gasteiger partial charge is 0.480 e. The van der Waals surface area contributed by atoms with Crippen LogP contribution in [0.25, 0.3) is 11.1 Å². The second-order valence-electron chi connectivity index (χ2n) is 6.90. The van der Waals surface area contributed by atoms with Gasteiger partial charge in [0.05, 0.1) is 5.88 Å². The minimum absolute atomic E-state index is 0.0600. The van der Waals surface area contributed by atoms with E-state index >= 15 is 0 Å². The molecular weight excluding hydrogens is 392 g/mol. The summed E-state index contributed by atoms with van der Waals surface area (Å²) in [6, 6.07) is 15.2. The molecule has 0 unspecified atom stereocenters. The Morgan fingerprint density at radius 1 is 1.07 bits per heavy atom. The molecule has 1 aliphatic heterocycles. The number of amides is 2. The number of nitrogens with zero attached hydrogens (tertiary/aromatic N) is 1. The fraction of sp³-hybridized carbons (Fsp3) is 0.286. The summed E-state index contributed by atoms with van der Waals surface area (Å²) < 4.78 is 5.38. The molecule has 8 heteroatoms. The highest BCUT2D eigenvalue weighted by atomic mass is 32.2. The lowest BCUT2D eigenvalue weighted by molar-refractivity contribution is -0.147. The molecule has 150 valence electrons. The van der Waals surface area contributed by atoms with Gasteiger partial charge in [-0.05, 0) is 22.3 Å². The van der Waals surface area contributed by atoms with Crippen LogP contribution >= 0.6 is 11.8 Å². The molecule has 1 saturated heterocycles. The van der Waals surface area contributed by atoms with Crippen molar-refractivity contribution in [3.05, 3.63) is 59.7 Å². The zero-order valence-electron chi connectivity index (χ0n) is 15.5. The summed E-state index contributed by atoms with van der Waals surface area (Å²) in [5, 5.41) is 11.6. The molecule has 2 aromatic carbocycles. The van der Waals surface area contributed by atoms with E-state index in [1.165, 1.54) is 16.7 Å². The van der Waals surface area contributed by atoms with Crippen molar-refractivity contribution in [3.8, 4) is 11.1 Å². The summed E-state index contributed by atoms with van der Waals surface area (Å²) in [6.07, 6.45) is -0.695. The summed E-state index contributed by atoms with van der Waals surface area (Å²) in [4.78, 5) is 36.8. The third-order valence-corrected chi connectivity index (χ3v) is 6.23. The minimum atomic E-state index is -1.04. The van der Waals surface area contributed by atoms with Crippen molar-refractivity contribution in [2.75, 3.05) is 24.8 Å². The van der Waals surface area contributed by atoms with Gasteiger partial charge in [-0.15, -0.1) is 11.8 Å². The molecular formula is C21H20N2O5S. The Balaban J connectivity index is 1.35. The summed E-state index contributed by atoms with van der Waals surface area (Å²) in [5.74, 6) is -0.871. The van der Waals surface area contributed by atoms with Crippen molar-refractivity contribution < 1.29 is 24.2 Å². The number of ether oxygens (including phenoxy) is 1. The molecule has 0 spiro atoms. The van der Waals surface area contributed by atoms with Crippen LogP contribution in [0, 0.1) is 0 Å². The first-order valence-corrected chi connectivity index (χ1v) is 10.4. The Labute approximate surface area is 172 Å². The third kappa shape index (κ3) is 3.80. The van der Waals surface area contributed by atoms with Crippen molar-refractivity contribution in [3.63, 3.8) is 0 Å². The van der Waals surface area contributed by atoms with E-state index in [0.29, 0.717) is 11.6 Å². The Morgan fingerprint density at radius 2 is 1.69 bits per heavy atom. The number of aliphatic carboxylic acids is 1. The molecule has 1 atom stereocenters. The fourth-order valence-electron chi connectivity index (χ4n) is 3.79. The van der Waals surface area contributed by atoms with Gasteiger partial charge in [-0.2, -0.15) is 0 Å². The van der Waals surface area contributed by atoms with Gasteiger partial charge in [0.1, 0.15) is 19.2 Å². The quantitative estimate of drug-likeness (QED) is 0.784. The van der Waals surface area contributed by atoms with Crippen LogP contribution in [0.2, 0.25) is 0 Å². The molecule has 2 aromatic rings. The summed E-state index contributed by atoms with van der Waals surface area (Å²) >= 11 is 1.38. The maximum atomic E-state index is 12.2. The molecule has 2 amide bonds. The topological polar surface area (TPSA) is 95.9 Å². The zero-order valence-corrected chi connectivity index (χ0v) is 16.4. The van der Waals surface area contributed by atoms with Crippen LogP contribution < -0.4 is 5.32 Å².